The summed E-state index contributed by atoms with van der Waals surface area (Å²) in [6, 6.07) is 13.9. The lowest BCUT2D eigenvalue weighted by molar-refractivity contribution is 0.0956. The van der Waals surface area contributed by atoms with E-state index >= 15 is 0 Å². The Hall–Kier alpha value is -2.75. The molecule has 0 spiro atoms. The van der Waals surface area contributed by atoms with Crippen LogP contribution in [-0.4, -0.2) is 18.6 Å². The van der Waals surface area contributed by atoms with Gasteiger partial charge in [0.2, 0.25) is 0 Å². The molecule has 0 N–H and O–H groups in total. The summed E-state index contributed by atoms with van der Waals surface area (Å²) in [5, 5.41) is 0.925. The van der Waals surface area contributed by atoms with Gasteiger partial charge in [0.15, 0.2) is 5.76 Å². The number of hydrogen-bond donors (Lipinski definition) is 0. The van der Waals surface area contributed by atoms with Crippen LogP contribution in [0.1, 0.15) is 35.5 Å². The van der Waals surface area contributed by atoms with Crippen molar-refractivity contribution < 1.29 is 13.9 Å². The minimum atomic E-state index is -0.0795. The van der Waals surface area contributed by atoms with Gasteiger partial charge in [0.25, 0.3) is 5.91 Å². The number of benzene rings is 2. The average molecular weight is 335 g/mol. The monoisotopic (exact) mass is 335 g/mol. The second kappa shape index (κ2) is 5.96. The fourth-order valence-corrected chi connectivity index (χ4v) is 3.64. The molecule has 2 aromatic carbocycles. The van der Waals surface area contributed by atoms with Crippen LogP contribution in [0, 0.1) is 6.92 Å². The molecule has 25 heavy (non-hydrogen) atoms. The molecule has 1 unspecified atom stereocenters. The molecule has 1 aliphatic rings. The molecule has 0 aliphatic carbocycles. The van der Waals surface area contributed by atoms with E-state index in [0.717, 1.165) is 28.8 Å². The van der Waals surface area contributed by atoms with Gasteiger partial charge < -0.3 is 14.1 Å². The Morgan fingerprint density at radius 2 is 2.08 bits per heavy atom. The number of carbonyl (C=O) groups is 1. The van der Waals surface area contributed by atoms with Gasteiger partial charge in [-0.3, -0.25) is 4.79 Å². The number of nitrogens with zero attached hydrogens (tertiary/aromatic N) is 1. The maximum absolute atomic E-state index is 13.2. The third kappa shape index (κ3) is 2.49. The average Bonchev–Trinajstić information content (AvgIpc) is 3.11. The standard InChI is InChI=1S/C21H21NO3/c1-4-24-16-9-10-19-17(12-16)14(3)20(25-19)21(23)22-13(2)11-15-7-5-6-8-18(15)22/h5-10,12-13H,4,11H2,1-3H3. The fraction of sp³-hybridized carbons (Fsp3) is 0.286. The smallest absolute Gasteiger partial charge is 0.294 e. The SMILES string of the molecule is CCOc1ccc2oc(C(=O)N3c4ccccc4CC3C)c(C)c2c1. The van der Waals surface area contributed by atoms with E-state index in [1.807, 2.05) is 55.1 Å². The van der Waals surface area contributed by atoms with Crippen LogP contribution < -0.4 is 9.64 Å². The molecular formula is C21H21NO3. The summed E-state index contributed by atoms with van der Waals surface area (Å²) >= 11 is 0. The molecule has 2 heterocycles. The van der Waals surface area contributed by atoms with Crippen LogP contribution >= 0.6 is 0 Å². The van der Waals surface area contributed by atoms with Crippen molar-refractivity contribution in [2.45, 2.75) is 33.2 Å². The maximum Gasteiger partial charge on any atom is 0.294 e. The lowest BCUT2D eigenvalue weighted by Crippen LogP contribution is -2.35. The molecule has 0 saturated carbocycles. The van der Waals surface area contributed by atoms with E-state index in [4.69, 9.17) is 9.15 Å². The predicted molar refractivity (Wildman–Crippen MR) is 98.5 cm³/mol. The first-order valence-corrected chi connectivity index (χ1v) is 8.67. The highest BCUT2D eigenvalue weighted by Crippen LogP contribution is 2.36. The van der Waals surface area contributed by atoms with E-state index in [-0.39, 0.29) is 11.9 Å². The normalized spacial score (nSPS) is 16.3. The number of amides is 1. The molecule has 1 atom stereocenters. The van der Waals surface area contributed by atoms with Crippen LogP contribution in [0.25, 0.3) is 11.0 Å². The van der Waals surface area contributed by atoms with Crippen molar-refractivity contribution in [2.24, 2.45) is 0 Å². The third-order valence-electron chi connectivity index (χ3n) is 4.84. The van der Waals surface area contributed by atoms with Crippen molar-refractivity contribution in [1.29, 1.82) is 0 Å². The van der Waals surface area contributed by atoms with Gasteiger partial charge in [0.05, 0.1) is 6.61 Å². The molecular weight excluding hydrogens is 314 g/mol. The zero-order valence-electron chi connectivity index (χ0n) is 14.7. The Morgan fingerprint density at radius 1 is 1.28 bits per heavy atom. The van der Waals surface area contributed by atoms with Gasteiger partial charge in [-0.2, -0.15) is 0 Å². The minimum Gasteiger partial charge on any atom is -0.494 e. The first-order chi connectivity index (χ1) is 12.1. The largest absolute Gasteiger partial charge is 0.494 e. The van der Waals surface area contributed by atoms with Gasteiger partial charge in [-0.1, -0.05) is 18.2 Å². The fourth-order valence-electron chi connectivity index (χ4n) is 3.64. The van der Waals surface area contributed by atoms with Gasteiger partial charge in [-0.25, -0.2) is 0 Å². The van der Waals surface area contributed by atoms with Crippen LogP contribution in [0.4, 0.5) is 5.69 Å². The van der Waals surface area contributed by atoms with E-state index in [2.05, 4.69) is 13.0 Å². The molecule has 0 fully saturated rings. The summed E-state index contributed by atoms with van der Waals surface area (Å²) in [7, 11) is 0. The summed E-state index contributed by atoms with van der Waals surface area (Å²) in [6.07, 6.45) is 0.871. The molecule has 0 bridgehead atoms. The van der Waals surface area contributed by atoms with E-state index < -0.39 is 0 Å². The molecule has 3 aromatic rings. The van der Waals surface area contributed by atoms with Crippen LogP contribution in [0.3, 0.4) is 0 Å². The van der Waals surface area contributed by atoms with E-state index in [0.29, 0.717) is 18.0 Å². The first-order valence-electron chi connectivity index (χ1n) is 8.67. The van der Waals surface area contributed by atoms with E-state index in [9.17, 15) is 4.79 Å². The number of hydrogen-bond acceptors (Lipinski definition) is 3. The second-order valence-electron chi connectivity index (χ2n) is 6.50. The molecule has 1 aliphatic heterocycles. The van der Waals surface area contributed by atoms with Gasteiger partial charge in [-0.05, 0) is 57.0 Å². The molecule has 1 aromatic heterocycles. The van der Waals surface area contributed by atoms with Crippen LogP contribution in [0.5, 0.6) is 5.75 Å². The molecule has 4 rings (SSSR count). The van der Waals surface area contributed by atoms with Gasteiger partial charge in [0.1, 0.15) is 11.3 Å². The number of aryl methyl sites for hydroxylation is 1. The highest BCUT2D eigenvalue weighted by Gasteiger charge is 2.34. The second-order valence-corrected chi connectivity index (χ2v) is 6.50. The number of furan rings is 1. The van der Waals surface area contributed by atoms with Crippen LogP contribution in [0.15, 0.2) is 46.9 Å². The molecule has 128 valence electrons. The molecule has 0 saturated heterocycles. The number of rotatable bonds is 3. The number of anilines is 1. The summed E-state index contributed by atoms with van der Waals surface area (Å²) in [5.41, 5.74) is 3.76. The third-order valence-corrected chi connectivity index (χ3v) is 4.84. The first kappa shape index (κ1) is 15.8. The highest BCUT2D eigenvalue weighted by molar-refractivity contribution is 6.09. The molecule has 1 amide bonds. The number of carbonyl (C=O) groups excluding carboxylic acids is 1. The highest BCUT2D eigenvalue weighted by atomic mass is 16.5. The van der Waals surface area contributed by atoms with Crippen molar-refractivity contribution in [3.63, 3.8) is 0 Å². The summed E-state index contributed by atoms with van der Waals surface area (Å²) < 4.78 is 11.5. The van der Waals surface area contributed by atoms with Crippen LogP contribution in [0.2, 0.25) is 0 Å². The molecule has 4 heteroatoms. The summed E-state index contributed by atoms with van der Waals surface area (Å²) in [5.74, 6) is 1.12. The molecule has 0 radical (unpaired) electrons. The van der Waals surface area contributed by atoms with Gasteiger partial charge in [-0.15, -0.1) is 0 Å². The van der Waals surface area contributed by atoms with E-state index in [1.54, 1.807) is 0 Å². The minimum absolute atomic E-state index is 0.0795. The summed E-state index contributed by atoms with van der Waals surface area (Å²) in [4.78, 5) is 15.1. The maximum atomic E-state index is 13.2. The molecule has 4 nitrogen and oxygen atoms in total. The summed E-state index contributed by atoms with van der Waals surface area (Å²) in [6.45, 7) is 6.56. The Morgan fingerprint density at radius 3 is 2.88 bits per heavy atom. The zero-order valence-corrected chi connectivity index (χ0v) is 14.7. The van der Waals surface area contributed by atoms with E-state index in [1.165, 1.54) is 5.56 Å². The van der Waals surface area contributed by atoms with Crippen molar-refractivity contribution >= 4 is 22.6 Å². The lowest BCUT2D eigenvalue weighted by atomic mass is 10.1. The lowest BCUT2D eigenvalue weighted by Gasteiger charge is -2.21. The van der Waals surface area contributed by atoms with Crippen molar-refractivity contribution in [3.8, 4) is 5.75 Å². The van der Waals surface area contributed by atoms with Crippen molar-refractivity contribution in [3.05, 3.63) is 59.4 Å². The van der Waals surface area contributed by atoms with Crippen LogP contribution in [-0.2, 0) is 6.42 Å². The Kier molecular flexibility index (Phi) is 3.75. The number of ether oxygens (including phenoxy) is 1. The zero-order chi connectivity index (χ0) is 17.6. The van der Waals surface area contributed by atoms with Gasteiger partial charge in [0, 0.05) is 22.7 Å². The Bertz CT molecular complexity index is 957. The van der Waals surface area contributed by atoms with Crippen molar-refractivity contribution in [2.75, 3.05) is 11.5 Å². The predicted octanol–water partition coefficient (Wildman–Crippen LogP) is 4.73. The quantitative estimate of drug-likeness (QED) is 0.695. The number of fused-ring (bicyclic) bond motifs is 2. The number of para-hydroxylation sites is 1. The van der Waals surface area contributed by atoms with Gasteiger partial charge >= 0.3 is 0 Å². The Balaban J connectivity index is 1.77. The van der Waals surface area contributed by atoms with Crippen molar-refractivity contribution in [1.82, 2.24) is 0 Å². The topological polar surface area (TPSA) is 42.7 Å². The Labute approximate surface area is 147 Å².